The normalized spacial score (nSPS) is 11.5. The number of unbranched alkanes of at least 4 members (excludes halogenated alkanes) is 3. The first-order valence-electron chi connectivity index (χ1n) is 12.5. The standard InChI is InChI=1S/C27H38F3N3O2/c1-4-7-9-15-25(34)31(6-3)21-26(35)33(16-8-5-2)20-24-14-11-17-32(24)19-22-12-10-13-23(18-22)27(28,29)30/h10-14,17-18H,4-9,15-16,19-21H2,1-3H3. The molecule has 1 aromatic carbocycles. The SMILES string of the molecule is CCCCCC(=O)N(CC)CC(=O)N(CCCC)Cc1cccn1Cc1cccc(C(F)(F)F)c1. The summed E-state index contributed by atoms with van der Waals surface area (Å²) in [5.41, 5.74) is 0.703. The van der Waals surface area contributed by atoms with Gasteiger partial charge in [-0.25, -0.2) is 0 Å². The molecule has 0 saturated heterocycles. The molecule has 8 heteroatoms. The molecule has 5 nitrogen and oxygen atoms in total. The summed E-state index contributed by atoms with van der Waals surface area (Å²) in [4.78, 5) is 29.1. The molecule has 0 aliphatic rings. The molecule has 0 unspecified atom stereocenters. The van der Waals surface area contributed by atoms with E-state index in [0.29, 0.717) is 31.6 Å². The number of halogens is 3. The van der Waals surface area contributed by atoms with Crippen LogP contribution >= 0.6 is 0 Å². The lowest BCUT2D eigenvalue weighted by Crippen LogP contribution is -2.43. The zero-order valence-electron chi connectivity index (χ0n) is 21.1. The quantitative estimate of drug-likeness (QED) is 0.298. The van der Waals surface area contributed by atoms with Gasteiger partial charge in [-0.15, -0.1) is 0 Å². The average molecular weight is 494 g/mol. The first-order chi connectivity index (χ1) is 16.7. The van der Waals surface area contributed by atoms with Crippen LogP contribution in [-0.4, -0.2) is 45.8 Å². The van der Waals surface area contributed by atoms with E-state index in [-0.39, 0.29) is 24.9 Å². The maximum absolute atomic E-state index is 13.2. The van der Waals surface area contributed by atoms with Gasteiger partial charge in [0.15, 0.2) is 0 Å². The van der Waals surface area contributed by atoms with Gasteiger partial charge in [-0.3, -0.25) is 9.59 Å². The van der Waals surface area contributed by atoms with Crippen LogP contribution in [0.15, 0.2) is 42.6 Å². The van der Waals surface area contributed by atoms with Gasteiger partial charge < -0.3 is 14.4 Å². The van der Waals surface area contributed by atoms with Crippen molar-refractivity contribution in [2.75, 3.05) is 19.6 Å². The van der Waals surface area contributed by atoms with E-state index in [1.54, 1.807) is 15.9 Å². The van der Waals surface area contributed by atoms with Crippen LogP contribution in [0.3, 0.4) is 0 Å². The molecule has 0 aliphatic heterocycles. The minimum Gasteiger partial charge on any atom is -0.345 e. The first-order valence-corrected chi connectivity index (χ1v) is 12.5. The van der Waals surface area contributed by atoms with Crippen molar-refractivity contribution in [3.05, 3.63) is 59.4 Å². The molecule has 194 valence electrons. The number of likely N-dealkylation sites (N-methyl/N-ethyl adjacent to an activating group) is 1. The van der Waals surface area contributed by atoms with Crippen molar-refractivity contribution in [1.82, 2.24) is 14.4 Å². The topological polar surface area (TPSA) is 45.6 Å². The molecule has 2 amide bonds. The lowest BCUT2D eigenvalue weighted by molar-refractivity contribution is -0.140. The zero-order valence-corrected chi connectivity index (χ0v) is 21.1. The fraction of sp³-hybridized carbons (Fsp3) is 0.556. The highest BCUT2D eigenvalue weighted by molar-refractivity contribution is 5.84. The molecule has 0 radical (unpaired) electrons. The predicted molar refractivity (Wildman–Crippen MR) is 132 cm³/mol. The number of benzene rings is 1. The second-order valence-electron chi connectivity index (χ2n) is 8.86. The van der Waals surface area contributed by atoms with E-state index in [0.717, 1.165) is 49.9 Å². The minimum absolute atomic E-state index is 0.00216. The number of nitrogens with zero attached hydrogens (tertiary/aromatic N) is 3. The molecule has 0 saturated carbocycles. The summed E-state index contributed by atoms with van der Waals surface area (Å²) >= 11 is 0. The number of alkyl halides is 3. The Morgan fingerprint density at radius 1 is 0.914 bits per heavy atom. The van der Waals surface area contributed by atoms with Gasteiger partial charge in [0.2, 0.25) is 11.8 Å². The van der Waals surface area contributed by atoms with E-state index in [4.69, 9.17) is 0 Å². The van der Waals surface area contributed by atoms with Gasteiger partial charge in [0.1, 0.15) is 0 Å². The van der Waals surface area contributed by atoms with E-state index in [9.17, 15) is 22.8 Å². The Kier molecular flexibility index (Phi) is 11.3. The molecule has 0 spiro atoms. The molecule has 0 fully saturated rings. The minimum atomic E-state index is -4.39. The summed E-state index contributed by atoms with van der Waals surface area (Å²) in [5.74, 6) is -0.117. The van der Waals surface area contributed by atoms with E-state index in [1.165, 1.54) is 6.07 Å². The van der Waals surface area contributed by atoms with Gasteiger partial charge in [0.25, 0.3) is 0 Å². The highest BCUT2D eigenvalue weighted by Gasteiger charge is 2.30. The fourth-order valence-electron chi connectivity index (χ4n) is 3.95. The molecule has 0 aliphatic carbocycles. The van der Waals surface area contributed by atoms with Crippen LogP contribution in [0.1, 0.15) is 76.1 Å². The number of hydrogen-bond acceptors (Lipinski definition) is 2. The summed E-state index contributed by atoms with van der Waals surface area (Å²) < 4.78 is 41.2. The Balaban J connectivity index is 2.12. The summed E-state index contributed by atoms with van der Waals surface area (Å²) in [6, 6.07) is 9.02. The lowest BCUT2D eigenvalue weighted by atomic mass is 10.1. The predicted octanol–water partition coefficient (Wildman–Crippen LogP) is 6.11. The van der Waals surface area contributed by atoms with Crippen molar-refractivity contribution in [1.29, 1.82) is 0 Å². The number of aromatic nitrogens is 1. The number of carbonyl (C=O) groups excluding carboxylic acids is 2. The average Bonchev–Trinajstić information content (AvgIpc) is 3.26. The van der Waals surface area contributed by atoms with Gasteiger partial charge in [0, 0.05) is 37.9 Å². The highest BCUT2D eigenvalue weighted by Crippen LogP contribution is 2.29. The number of carbonyl (C=O) groups is 2. The molecule has 0 bridgehead atoms. The van der Waals surface area contributed by atoms with Crippen LogP contribution in [0, 0.1) is 0 Å². The van der Waals surface area contributed by atoms with Crippen LogP contribution in [0.4, 0.5) is 13.2 Å². The molecular weight excluding hydrogens is 455 g/mol. The van der Waals surface area contributed by atoms with Crippen LogP contribution in [0.25, 0.3) is 0 Å². The Labute approximate surface area is 206 Å². The van der Waals surface area contributed by atoms with Gasteiger partial charge in [-0.2, -0.15) is 13.2 Å². The number of hydrogen-bond donors (Lipinski definition) is 0. The second-order valence-corrected chi connectivity index (χ2v) is 8.86. The third-order valence-corrected chi connectivity index (χ3v) is 6.07. The third kappa shape index (κ3) is 9.07. The lowest BCUT2D eigenvalue weighted by Gasteiger charge is -2.27. The smallest absolute Gasteiger partial charge is 0.345 e. The van der Waals surface area contributed by atoms with Gasteiger partial charge in [-0.1, -0.05) is 45.2 Å². The van der Waals surface area contributed by atoms with E-state index >= 15 is 0 Å². The van der Waals surface area contributed by atoms with Crippen molar-refractivity contribution in [3.8, 4) is 0 Å². The molecule has 1 heterocycles. The van der Waals surface area contributed by atoms with Gasteiger partial charge >= 0.3 is 6.18 Å². The largest absolute Gasteiger partial charge is 0.416 e. The van der Waals surface area contributed by atoms with Crippen LogP contribution in [0.2, 0.25) is 0 Å². The van der Waals surface area contributed by atoms with Crippen molar-refractivity contribution >= 4 is 11.8 Å². The van der Waals surface area contributed by atoms with Crippen LogP contribution in [-0.2, 0) is 28.9 Å². The zero-order chi connectivity index (χ0) is 25.8. The van der Waals surface area contributed by atoms with E-state index in [1.807, 2.05) is 29.8 Å². The van der Waals surface area contributed by atoms with Crippen molar-refractivity contribution in [3.63, 3.8) is 0 Å². The third-order valence-electron chi connectivity index (χ3n) is 6.07. The Morgan fingerprint density at radius 2 is 1.66 bits per heavy atom. The summed E-state index contributed by atoms with van der Waals surface area (Å²) in [7, 11) is 0. The van der Waals surface area contributed by atoms with Crippen molar-refractivity contribution in [2.45, 2.75) is 78.6 Å². The van der Waals surface area contributed by atoms with Crippen molar-refractivity contribution < 1.29 is 22.8 Å². The van der Waals surface area contributed by atoms with Crippen molar-refractivity contribution in [2.24, 2.45) is 0 Å². The maximum Gasteiger partial charge on any atom is 0.416 e. The number of amides is 2. The van der Waals surface area contributed by atoms with Crippen LogP contribution < -0.4 is 0 Å². The monoisotopic (exact) mass is 493 g/mol. The molecule has 2 rings (SSSR count). The molecule has 2 aromatic rings. The summed E-state index contributed by atoms with van der Waals surface area (Å²) in [5, 5.41) is 0. The molecular formula is C27H38F3N3O2. The molecule has 0 atom stereocenters. The summed E-state index contributed by atoms with van der Waals surface area (Å²) in [6.07, 6.45) is 2.46. The molecule has 0 N–H and O–H groups in total. The van der Waals surface area contributed by atoms with E-state index < -0.39 is 11.7 Å². The first kappa shape index (κ1) is 28.5. The summed E-state index contributed by atoms with van der Waals surface area (Å²) in [6.45, 7) is 7.71. The van der Waals surface area contributed by atoms with Gasteiger partial charge in [-0.05, 0) is 49.6 Å². The Hall–Kier alpha value is -2.77. The fourth-order valence-corrected chi connectivity index (χ4v) is 3.95. The maximum atomic E-state index is 13.2. The van der Waals surface area contributed by atoms with Crippen LogP contribution in [0.5, 0.6) is 0 Å². The highest BCUT2D eigenvalue weighted by atomic mass is 19.4. The Bertz CT molecular complexity index is 940. The molecule has 1 aromatic heterocycles. The second kappa shape index (κ2) is 14.0. The number of rotatable bonds is 14. The van der Waals surface area contributed by atoms with E-state index in [2.05, 4.69) is 13.8 Å². The van der Waals surface area contributed by atoms with Gasteiger partial charge in [0.05, 0.1) is 18.7 Å². The Morgan fingerprint density at radius 3 is 2.31 bits per heavy atom. The molecule has 35 heavy (non-hydrogen) atoms.